The topological polar surface area (TPSA) is 155 Å². The van der Waals surface area contributed by atoms with Crippen LogP contribution in [0, 0.1) is 0 Å². The molecule has 3 unspecified atom stereocenters. The van der Waals surface area contributed by atoms with E-state index in [-0.39, 0.29) is 25.9 Å². The Labute approximate surface area is 430 Å². The number of phosphoric acid groups is 1. The van der Waals surface area contributed by atoms with Crippen molar-refractivity contribution in [2.45, 2.75) is 315 Å². The Hall–Kier alpha value is -1.78. The maximum Gasteiger partial charge on any atom is 0.472 e. The minimum atomic E-state index is -4.73. The first-order valence-corrected chi connectivity index (χ1v) is 31.1. The first-order valence-electron chi connectivity index (χ1n) is 29.6. The lowest BCUT2D eigenvalue weighted by molar-refractivity contribution is -0.161. The van der Waals surface area contributed by atoms with Crippen LogP contribution in [0.3, 0.4) is 0 Å². The van der Waals surface area contributed by atoms with Gasteiger partial charge >= 0.3 is 25.7 Å². The van der Waals surface area contributed by atoms with Crippen LogP contribution in [-0.2, 0) is 42.2 Å². The number of ether oxygens (including phenoxy) is 3. The Balaban J connectivity index is 4.64. The largest absolute Gasteiger partial charge is 0.472 e. The molecule has 0 aromatic carbocycles. The molecule has 0 bridgehead atoms. The molecule has 11 nitrogen and oxygen atoms in total. The molecule has 0 aliphatic rings. The van der Waals surface area contributed by atoms with Crippen molar-refractivity contribution in [2.75, 3.05) is 26.4 Å². The fourth-order valence-electron chi connectivity index (χ4n) is 8.65. The number of rotatable bonds is 56. The summed E-state index contributed by atoms with van der Waals surface area (Å²) in [6.07, 6.45) is 51.7. The molecule has 0 saturated carbocycles. The fraction of sp³-hybridized carbons (Fsp3) is 0.914. The Morgan fingerprint density at radius 3 is 0.986 bits per heavy atom. The summed E-state index contributed by atoms with van der Waals surface area (Å²) in [5.41, 5.74) is 0. The van der Waals surface area contributed by atoms with Crippen molar-refractivity contribution in [3.8, 4) is 0 Å². The summed E-state index contributed by atoms with van der Waals surface area (Å²) in [5, 5.41) is 9.79. The Morgan fingerprint density at radius 1 is 0.386 bits per heavy atom. The monoisotopic (exact) mass is 1010 g/mol. The van der Waals surface area contributed by atoms with Gasteiger partial charge in [0.05, 0.1) is 19.8 Å². The van der Waals surface area contributed by atoms with Crippen molar-refractivity contribution in [3.63, 3.8) is 0 Å². The van der Waals surface area contributed by atoms with E-state index in [4.69, 9.17) is 23.3 Å². The Kier molecular flexibility index (Phi) is 52.1. The summed E-state index contributed by atoms with van der Waals surface area (Å²) in [4.78, 5) is 48.5. The van der Waals surface area contributed by atoms with Gasteiger partial charge in [0, 0.05) is 19.3 Å². The zero-order valence-electron chi connectivity index (χ0n) is 45.8. The van der Waals surface area contributed by atoms with Gasteiger partial charge in [-0.1, -0.05) is 251 Å². The average Bonchev–Trinajstić information content (AvgIpc) is 3.35. The van der Waals surface area contributed by atoms with Crippen molar-refractivity contribution >= 4 is 25.7 Å². The van der Waals surface area contributed by atoms with E-state index in [1.807, 2.05) is 0 Å². The minimum absolute atomic E-state index is 0.176. The van der Waals surface area contributed by atoms with E-state index in [0.29, 0.717) is 19.3 Å². The average molecular weight is 1020 g/mol. The highest BCUT2D eigenvalue weighted by Gasteiger charge is 2.28. The number of aliphatic hydroxyl groups excluding tert-OH is 1. The Bertz CT molecular complexity index is 1230. The molecule has 0 aliphatic heterocycles. The number of unbranched alkanes of at least 4 members (excludes halogenated alkanes) is 37. The summed E-state index contributed by atoms with van der Waals surface area (Å²) >= 11 is 0. The molecule has 70 heavy (non-hydrogen) atoms. The summed E-state index contributed by atoms with van der Waals surface area (Å²) in [5.74, 6) is -1.44. The predicted octanol–water partition coefficient (Wildman–Crippen LogP) is 17.3. The number of phosphoric ester groups is 1. The van der Waals surface area contributed by atoms with Crippen molar-refractivity contribution < 1.29 is 52.2 Å². The van der Waals surface area contributed by atoms with Gasteiger partial charge < -0.3 is 24.2 Å². The van der Waals surface area contributed by atoms with Crippen molar-refractivity contribution in [1.82, 2.24) is 0 Å². The van der Waals surface area contributed by atoms with Gasteiger partial charge in [-0.15, -0.1) is 0 Å². The highest BCUT2D eigenvalue weighted by Crippen LogP contribution is 2.43. The maximum atomic E-state index is 12.9. The molecule has 0 heterocycles. The number of hydrogen-bond acceptors (Lipinski definition) is 10. The van der Waals surface area contributed by atoms with Crippen LogP contribution in [0.5, 0.6) is 0 Å². The van der Waals surface area contributed by atoms with Crippen LogP contribution in [0.1, 0.15) is 303 Å². The SMILES string of the molecule is CCCCCCCC/C=C\CCCCCCCCCCCC(=O)OCC(COP(=O)(O)OCC(CO)OC(=O)CCCCCCCCCCCCC)OC(=O)CCCCCCCCCCCCCCC. The number of aliphatic hydroxyl groups is 1. The van der Waals surface area contributed by atoms with Gasteiger partial charge in [0.2, 0.25) is 0 Å². The number of hydrogen-bond donors (Lipinski definition) is 2. The molecule has 2 N–H and O–H groups in total. The van der Waals surface area contributed by atoms with Gasteiger partial charge in [-0.2, -0.15) is 0 Å². The molecular formula is C58H111O11P. The smallest absolute Gasteiger partial charge is 0.462 e. The molecule has 414 valence electrons. The molecule has 0 aromatic heterocycles. The number of carbonyl (C=O) groups is 3. The third-order valence-corrected chi connectivity index (χ3v) is 14.1. The molecular weight excluding hydrogens is 904 g/mol. The standard InChI is InChI=1S/C58H111O11P/c1-4-7-10-13-16-19-22-24-25-26-27-28-29-31-33-35-38-41-44-47-56(60)65-51-55(69-58(62)49-46-43-40-37-34-30-23-20-17-14-11-8-5-2)53-67-70(63,64)66-52-54(50-59)68-57(61)48-45-42-39-36-32-21-18-15-12-9-6-3/h24-25,54-55,59H,4-23,26-53H2,1-3H3,(H,63,64)/b25-24-. The number of esters is 3. The molecule has 0 radical (unpaired) electrons. The molecule has 0 rings (SSSR count). The molecule has 12 heteroatoms. The van der Waals surface area contributed by atoms with E-state index >= 15 is 0 Å². The fourth-order valence-corrected chi connectivity index (χ4v) is 9.43. The molecule has 0 aliphatic carbocycles. The second kappa shape index (κ2) is 53.5. The summed E-state index contributed by atoms with van der Waals surface area (Å²) in [7, 11) is -4.73. The zero-order valence-corrected chi connectivity index (χ0v) is 46.7. The van der Waals surface area contributed by atoms with Gasteiger partial charge in [0.15, 0.2) is 6.10 Å². The number of allylic oxidation sites excluding steroid dienone is 2. The molecule has 0 amide bonds. The number of carbonyl (C=O) groups excluding carboxylic acids is 3. The zero-order chi connectivity index (χ0) is 51.3. The normalized spacial score (nSPS) is 13.4. The minimum Gasteiger partial charge on any atom is -0.462 e. The summed E-state index contributed by atoms with van der Waals surface area (Å²) in [6, 6.07) is 0. The van der Waals surface area contributed by atoms with Crippen molar-refractivity contribution in [1.29, 1.82) is 0 Å². The second-order valence-corrected chi connectivity index (χ2v) is 21.6. The van der Waals surface area contributed by atoms with Gasteiger partial charge in [0.25, 0.3) is 0 Å². The molecule has 0 fully saturated rings. The van der Waals surface area contributed by atoms with E-state index in [9.17, 15) is 28.9 Å². The van der Waals surface area contributed by atoms with E-state index in [0.717, 1.165) is 57.8 Å². The first kappa shape index (κ1) is 68.2. The van der Waals surface area contributed by atoms with Crippen LogP contribution in [-0.4, -0.2) is 66.5 Å². The predicted molar refractivity (Wildman–Crippen MR) is 289 cm³/mol. The molecule has 3 atom stereocenters. The highest BCUT2D eigenvalue weighted by atomic mass is 31.2. The van der Waals surface area contributed by atoms with E-state index in [1.54, 1.807) is 0 Å². The lowest BCUT2D eigenvalue weighted by atomic mass is 10.0. The van der Waals surface area contributed by atoms with Crippen molar-refractivity contribution in [3.05, 3.63) is 12.2 Å². The Morgan fingerprint density at radius 2 is 0.657 bits per heavy atom. The van der Waals surface area contributed by atoms with Gasteiger partial charge in [-0.25, -0.2) is 4.57 Å². The van der Waals surface area contributed by atoms with Crippen LogP contribution in [0.2, 0.25) is 0 Å². The van der Waals surface area contributed by atoms with Crippen LogP contribution < -0.4 is 0 Å². The van der Waals surface area contributed by atoms with E-state index in [1.165, 1.54) is 186 Å². The molecule has 0 aromatic rings. The quantitative estimate of drug-likeness (QED) is 0.0197. The van der Waals surface area contributed by atoms with Crippen LogP contribution >= 0.6 is 7.82 Å². The van der Waals surface area contributed by atoms with Gasteiger partial charge in [-0.3, -0.25) is 23.4 Å². The summed E-state index contributed by atoms with van der Waals surface area (Å²) < 4.78 is 39.5. The third kappa shape index (κ3) is 51.1. The van der Waals surface area contributed by atoms with Crippen LogP contribution in [0.25, 0.3) is 0 Å². The lowest BCUT2D eigenvalue weighted by Crippen LogP contribution is -2.30. The summed E-state index contributed by atoms with van der Waals surface area (Å²) in [6.45, 7) is 4.68. The van der Waals surface area contributed by atoms with Gasteiger partial charge in [0.1, 0.15) is 12.7 Å². The maximum absolute atomic E-state index is 12.9. The van der Waals surface area contributed by atoms with E-state index in [2.05, 4.69) is 32.9 Å². The first-order chi connectivity index (χ1) is 34.2. The highest BCUT2D eigenvalue weighted by molar-refractivity contribution is 7.47. The lowest BCUT2D eigenvalue weighted by Gasteiger charge is -2.21. The van der Waals surface area contributed by atoms with Crippen molar-refractivity contribution in [2.24, 2.45) is 0 Å². The van der Waals surface area contributed by atoms with Gasteiger partial charge in [-0.05, 0) is 44.9 Å². The molecule has 0 saturated heterocycles. The molecule has 0 spiro atoms. The van der Waals surface area contributed by atoms with E-state index < -0.39 is 57.8 Å². The van der Waals surface area contributed by atoms with Crippen LogP contribution in [0.4, 0.5) is 0 Å². The third-order valence-electron chi connectivity index (χ3n) is 13.2. The second-order valence-electron chi connectivity index (χ2n) is 20.2. The van der Waals surface area contributed by atoms with Crippen LogP contribution in [0.15, 0.2) is 12.2 Å².